The average molecular weight is 232 g/mol. The summed E-state index contributed by atoms with van der Waals surface area (Å²) in [5.41, 5.74) is 2.71. The lowest BCUT2D eigenvalue weighted by Gasteiger charge is -2.04. The van der Waals surface area contributed by atoms with Crippen LogP contribution in [0, 0.1) is 0 Å². The molecule has 0 saturated carbocycles. The molecule has 1 aliphatic rings. The fraction of sp³-hybridized carbons (Fsp3) is 0.667. The van der Waals surface area contributed by atoms with Gasteiger partial charge in [0.2, 0.25) is 0 Å². The fourth-order valence-corrected chi connectivity index (χ4v) is 1.82. The van der Waals surface area contributed by atoms with E-state index < -0.39 is 0 Å². The Kier molecular flexibility index (Phi) is 3.95. The molecule has 68 valence electrons. The normalized spacial score (nSPS) is 21.1. The third-order valence-electron chi connectivity index (χ3n) is 2.08. The van der Waals surface area contributed by atoms with Gasteiger partial charge in [-0.1, -0.05) is 5.57 Å². The Bertz CT molecular complexity index is 221. The monoisotopic (exact) mass is 231 g/mol. The molecule has 0 aromatic heterocycles. The number of halogens is 1. The van der Waals surface area contributed by atoms with Crippen LogP contribution in [0.2, 0.25) is 0 Å². The van der Waals surface area contributed by atoms with E-state index in [0.29, 0.717) is 0 Å². The lowest BCUT2D eigenvalue weighted by molar-refractivity contribution is 0.146. The number of aliphatic imine (C=N–C) groups is 1. The number of hydrogen-bond acceptors (Lipinski definition) is 2. The van der Waals surface area contributed by atoms with Crippen LogP contribution in [0.25, 0.3) is 0 Å². The van der Waals surface area contributed by atoms with Crippen LogP contribution >= 0.6 is 15.9 Å². The number of rotatable bonds is 1. The lowest BCUT2D eigenvalue weighted by Crippen LogP contribution is -1.98. The van der Waals surface area contributed by atoms with Crippen molar-refractivity contribution in [2.45, 2.75) is 19.8 Å². The summed E-state index contributed by atoms with van der Waals surface area (Å²) in [7, 11) is 1.80. The van der Waals surface area contributed by atoms with Crippen LogP contribution in [0.5, 0.6) is 0 Å². The predicted molar refractivity (Wildman–Crippen MR) is 55.0 cm³/mol. The average Bonchev–Trinajstić information content (AvgIpc) is 2.28. The van der Waals surface area contributed by atoms with E-state index in [1.165, 1.54) is 11.1 Å². The molecule has 0 amide bonds. The maximum atomic E-state index is 5.37. The molecule has 0 atom stereocenters. The van der Waals surface area contributed by atoms with Crippen LogP contribution in [0.1, 0.15) is 19.8 Å². The highest BCUT2D eigenvalue weighted by Crippen LogP contribution is 2.20. The fourth-order valence-electron chi connectivity index (χ4n) is 1.28. The molecular weight excluding hydrogens is 218 g/mol. The maximum absolute atomic E-state index is 5.37. The van der Waals surface area contributed by atoms with Gasteiger partial charge in [0, 0.05) is 7.05 Å². The topological polar surface area (TPSA) is 21.6 Å². The summed E-state index contributed by atoms with van der Waals surface area (Å²) in [6.07, 6.45) is 2.00. The number of ether oxygens (including phenoxy) is 1. The summed E-state index contributed by atoms with van der Waals surface area (Å²) >= 11 is 3.45. The Hall–Kier alpha value is -0.150. The lowest BCUT2D eigenvalue weighted by atomic mass is 10.1. The molecule has 1 heterocycles. The second-order valence-corrected chi connectivity index (χ2v) is 3.64. The molecule has 0 aliphatic carbocycles. The Morgan fingerprint density at radius 2 is 2.08 bits per heavy atom. The van der Waals surface area contributed by atoms with Gasteiger partial charge in [0.05, 0.1) is 13.2 Å². The molecule has 3 heteroatoms. The van der Waals surface area contributed by atoms with Gasteiger partial charge in [-0.3, -0.25) is 4.99 Å². The zero-order valence-corrected chi connectivity index (χ0v) is 9.15. The number of nitrogens with zero attached hydrogens (tertiary/aromatic N) is 1. The van der Waals surface area contributed by atoms with E-state index in [9.17, 15) is 0 Å². The first kappa shape index (κ1) is 9.93. The molecule has 1 aliphatic heterocycles. The van der Waals surface area contributed by atoms with Crippen LogP contribution < -0.4 is 0 Å². The molecule has 1 rings (SSSR count). The van der Waals surface area contributed by atoms with Crippen LogP contribution in [-0.2, 0) is 4.74 Å². The molecule has 0 N–H and O–H groups in total. The van der Waals surface area contributed by atoms with Crippen molar-refractivity contribution in [1.29, 1.82) is 0 Å². The third kappa shape index (κ3) is 2.42. The SMILES string of the molecule is CN=C(Br)C1=C(C)CCOCC1. The van der Waals surface area contributed by atoms with Crippen LogP contribution in [0.15, 0.2) is 16.1 Å². The molecule has 0 radical (unpaired) electrons. The summed E-state index contributed by atoms with van der Waals surface area (Å²) in [6, 6.07) is 0. The van der Waals surface area contributed by atoms with E-state index in [1.54, 1.807) is 7.05 Å². The van der Waals surface area contributed by atoms with Gasteiger partial charge in [0.25, 0.3) is 0 Å². The van der Waals surface area contributed by atoms with E-state index in [0.717, 1.165) is 30.7 Å². The molecule has 0 spiro atoms. The van der Waals surface area contributed by atoms with Crippen molar-refractivity contribution in [2.24, 2.45) is 4.99 Å². The van der Waals surface area contributed by atoms with Crippen LogP contribution in [0.3, 0.4) is 0 Å². The minimum absolute atomic E-state index is 0.817. The molecule has 0 unspecified atom stereocenters. The molecule has 0 aromatic rings. The minimum atomic E-state index is 0.817. The Morgan fingerprint density at radius 3 is 2.75 bits per heavy atom. The van der Waals surface area contributed by atoms with Gasteiger partial charge in [0.15, 0.2) is 0 Å². The van der Waals surface area contributed by atoms with E-state index in [4.69, 9.17) is 4.74 Å². The van der Waals surface area contributed by atoms with E-state index in [1.807, 2.05) is 0 Å². The predicted octanol–water partition coefficient (Wildman–Crippen LogP) is 2.54. The first-order chi connectivity index (χ1) is 5.75. The van der Waals surface area contributed by atoms with E-state index in [2.05, 4.69) is 27.8 Å². The van der Waals surface area contributed by atoms with Crippen molar-refractivity contribution in [3.63, 3.8) is 0 Å². The quantitative estimate of drug-likeness (QED) is 0.636. The van der Waals surface area contributed by atoms with Crippen molar-refractivity contribution in [1.82, 2.24) is 0 Å². The third-order valence-corrected chi connectivity index (χ3v) is 2.91. The van der Waals surface area contributed by atoms with Gasteiger partial charge < -0.3 is 4.74 Å². The van der Waals surface area contributed by atoms with Crippen molar-refractivity contribution in [3.8, 4) is 0 Å². The van der Waals surface area contributed by atoms with Crippen molar-refractivity contribution in [2.75, 3.05) is 20.3 Å². The first-order valence-corrected chi connectivity index (χ1v) is 4.94. The highest BCUT2D eigenvalue weighted by Gasteiger charge is 2.10. The van der Waals surface area contributed by atoms with E-state index in [-0.39, 0.29) is 0 Å². The second kappa shape index (κ2) is 4.77. The largest absolute Gasteiger partial charge is 0.381 e. The number of hydrogen-bond donors (Lipinski definition) is 0. The van der Waals surface area contributed by atoms with Gasteiger partial charge in [0.1, 0.15) is 4.62 Å². The highest BCUT2D eigenvalue weighted by atomic mass is 79.9. The zero-order valence-electron chi connectivity index (χ0n) is 7.56. The smallest absolute Gasteiger partial charge is 0.103 e. The Morgan fingerprint density at radius 1 is 1.42 bits per heavy atom. The standard InChI is InChI=1S/C9H14BrNO/c1-7-3-5-12-6-4-8(7)9(10)11-2/h3-6H2,1-2H3. The second-order valence-electron chi connectivity index (χ2n) is 2.89. The minimum Gasteiger partial charge on any atom is -0.381 e. The molecular formula is C9H14BrNO. The van der Waals surface area contributed by atoms with Gasteiger partial charge in [-0.25, -0.2) is 0 Å². The molecule has 0 aromatic carbocycles. The maximum Gasteiger partial charge on any atom is 0.103 e. The summed E-state index contributed by atoms with van der Waals surface area (Å²) in [6.45, 7) is 3.81. The summed E-state index contributed by atoms with van der Waals surface area (Å²) in [4.78, 5) is 4.12. The summed E-state index contributed by atoms with van der Waals surface area (Å²) < 4.78 is 6.35. The molecule has 2 nitrogen and oxygen atoms in total. The van der Waals surface area contributed by atoms with Gasteiger partial charge in [-0.05, 0) is 41.3 Å². The Labute approximate surface area is 81.8 Å². The zero-order chi connectivity index (χ0) is 8.97. The van der Waals surface area contributed by atoms with Gasteiger partial charge in [-0.2, -0.15) is 0 Å². The van der Waals surface area contributed by atoms with Crippen LogP contribution in [-0.4, -0.2) is 24.9 Å². The summed E-state index contributed by atoms with van der Waals surface area (Å²) in [5.74, 6) is 0. The molecule has 0 fully saturated rings. The Balaban J connectivity index is 2.81. The van der Waals surface area contributed by atoms with Crippen molar-refractivity contribution in [3.05, 3.63) is 11.1 Å². The first-order valence-electron chi connectivity index (χ1n) is 4.14. The van der Waals surface area contributed by atoms with Crippen molar-refractivity contribution >= 4 is 20.6 Å². The highest BCUT2D eigenvalue weighted by molar-refractivity contribution is 9.18. The molecule has 0 saturated heterocycles. The van der Waals surface area contributed by atoms with E-state index >= 15 is 0 Å². The summed E-state index contributed by atoms with van der Waals surface area (Å²) in [5, 5.41) is 0. The molecule has 0 bridgehead atoms. The molecule has 12 heavy (non-hydrogen) atoms. The van der Waals surface area contributed by atoms with Gasteiger partial charge in [-0.15, -0.1) is 0 Å². The van der Waals surface area contributed by atoms with Crippen LogP contribution in [0.4, 0.5) is 0 Å². The van der Waals surface area contributed by atoms with Crippen molar-refractivity contribution < 1.29 is 4.74 Å². The van der Waals surface area contributed by atoms with Gasteiger partial charge >= 0.3 is 0 Å².